The number of benzene rings is 1. The lowest BCUT2D eigenvalue weighted by Crippen LogP contribution is -2.00. The second-order valence-corrected chi connectivity index (χ2v) is 4.87. The molecule has 2 aromatic rings. The van der Waals surface area contributed by atoms with E-state index in [0.717, 1.165) is 5.69 Å². The topological polar surface area (TPSA) is 49.3 Å². The van der Waals surface area contributed by atoms with Gasteiger partial charge in [0.25, 0.3) is 0 Å². The average molecular weight is 268 g/mol. The first-order valence-electron chi connectivity index (χ1n) is 4.96. The van der Waals surface area contributed by atoms with Crippen LogP contribution in [0.25, 0.3) is 0 Å². The Balaban J connectivity index is 2.09. The van der Waals surface area contributed by atoms with Crippen LogP contribution in [0.3, 0.4) is 0 Å². The highest BCUT2D eigenvalue weighted by Gasteiger charge is 2.06. The van der Waals surface area contributed by atoms with E-state index in [-0.39, 0.29) is 5.56 Å². The minimum absolute atomic E-state index is 0.191. The van der Waals surface area contributed by atoms with Crippen molar-refractivity contribution in [3.05, 3.63) is 51.2 Å². The van der Waals surface area contributed by atoms with E-state index in [1.165, 1.54) is 17.0 Å². The summed E-state index contributed by atoms with van der Waals surface area (Å²) in [5, 5.41) is 14.4. The number of carboxylic acid groups (broad SMARTS) is 1. The fraction of sp³-hybridized carbons (Fsp3) is 0.0833. The van der Waals surface area contributed by atoms with Crippen molar-refractivity contribution in [3.8, 4) is 0 Å². The van der Waals surface area contributed by atoms with Crippen molar-refractivity contribution in [2.75, 3.05) is 5.32 Å². The van der Waals surface area contributed by atoms with E-state index in [1.54, 1.807) is 17.4 Å². The molecule has 0 aliphatic carbocycles. The summed E-state index contributed by atoms with van der Waals surface area (Å²) in [7, 11) is 0. The number of thiophene rings is 1. The first-order chi connectivity index (χ1) is 8.16. The van der Waals surface area contributed by atoms with Crippen molar-refractivity contribution in [2.45, 2.75) is 6.54 Å². The fourth-order valence-corrected chi connectivity index (χ4v) is 2.28. The molecule has 0 saturated heterocycles. The molecule has 0 bridgehead atoms. The molecule has 1 aromatic carbocycles. The number of aromatic carboxylic acids is 1. The molecular formula is C12H10ClNO2S. The van der Waals surface area contributed by atoms with Gasteiger partial charge in [-0.3, -0.25) is 0 Å². The van der Waals surface area contributed by atoms with E-state index in [1.807, 2.05) is 17.5 Å². The van der Waals surface area contributed by atoms with Gasteiger partial charge in [-0.05, 0) is 29.6 Å². The lowest BCUT2D eigenvalue weighted by molar-refractivity contribution is 0.0697. The van der Waals surface area contributed by atoms with E-state index in [9.17, 15) is 4.79 Å². The van der Waals surface area contributed by atoms with E-state index in [4.69, 9.17) is 16.7 Å². The Kier molecular flexibility index (Phi) is 3.66. The molecule has 0 unspecified atom stereocenters. The van der Waals surface area contributed by atoms with Gasteiger partial charge in [0.1, 0.15) is 0 Å². The minimum atomic E-state index is -0.975. The standard InChI is InChI=1S/C12H10ClNO2S/c13-10-6-8(12(15)16)3-4-11(10)14-7-9-2-1-5-17-9/h1-6,14H,7H2,(H,15,16). The number of nitrogens with one attached hydrogen (secondary N) is 1. The number of rotatable bonds is 4. The van der Waals surface area contributed by atoms with Crippen LogP contribution in [-0.4, -0.2) is 11.1 Å². The Labute approximate surface area is 108 Å². The Morgan fingerprint density at radius 2 is 2.24 bits per heavy atom. The van der Waals surface area contributed by atoms with Gasteiger partial charge in [-0.1, -0.05) is 17.7 Å². The minimum Gasteiger partial charge on any atom is -0.478 e. The molecule has 1 heterocycles. The normalized spacial score (nSPS) is 10.2. The molecule has 0 spiro atoms. The van der Waals surface area contributed by atoms with Crippen molar-refractivity contribution in [1.29, 1.82) is 0 Å². The predicted octanol–water partition coefficient (Wildman–Crippen LogP) is 3.71. The fourth-order valence-electron chi connectivity index (χ4n) is 1.39. The molecule has 5 heteroatoms. The average Bonchev–Trinajstić information content (AvgIpc) is 2.80. The smallest absolute Gasteiger partial charge is 0.335 e. The Morgan fingerprint density at radius 1 is 1.41 bits per heavy atom. The molecule has 0 saturated carbocycles. The van der Waals surface area contributed by atoms with Crippen LogP contribution in [0, 0.1) is 0 Å². The third-order valence-electron chi connectivity index (χ3n) is 2.25. The first-order valence-corrected chi connectivity index (χ1v) is 6.21. The molecule has 0 amide bonds. The molecule has 0 fully saturated rings. The van der Waals surface area contributed by atoms with Gasteiger partial charge in [0.15, 0.2) is 0 Å². The summed E-state index contributed by atoms with van der Waals surface area (Å²) in [6.45, 7) is 0.684. The van der Waals surface area contributed by atoms with Crippen molar-refractivity contribution < 1.29 is 9.90 Å². The van der Waals surface area contributed by atoms with Crippen LogP contribution in [-0.2, 0) is 6.54 Å². The molecular weight excluding hydrogens is 258 g/mol. The van der Waals surface area contributed by atoms with Crippen molar-refractivity contribution in [3.63, 3.8) is 0 Å². The van der Waals surface area contributed by atoms with Crippen LogP contribution in [0.1, 0.15) is 15.2 Å². The summed E-state index contributed by atoms with van der Waals surface area (Å²) < 4.78 is 0. The summed E-state index contributed by atoms with van der Waals surface area (Å²) in [6, 6.07) is 8.67. The zero-order valence-corrected chi connectivity index (χ0v) is 10.4. The lowest BCUT2D eigenvalue weighted by Gasteiger charge is -2.07. The quantitative estimate of drug-likeness (QED) is 0.888. The maximum Gasteiger partial charge on any atom is 0.335 e. The number of hydrogen-bond donors (Lipinski definition) is 2. The Hall–Kier alpha value is -1.52. The van der Waals surface area contributed by atoms with Gasteiger partial charge in [-0.25, -0.2) is 4.79 Å². The molecule has 0 aliphatic heterocycles. The first kappa shape index (κ1) is 12.0. The van der Waals surface area contributed by atoms with Crippen molar-refractivity contribution in [2.24, 2.45) is 0 Å². The maximum absolute atomic E-state index is 10.7. The molecule has 0 radical (unpaired) electrons. The molecule has 1 aromatic heterocycles. The highest BCUT2D eigenvalue weighted by Crippen LogP contribution is 2.24. The summed E-state index contributed by atoms with van der Waals surface area (Å²) in [5.74, 6) is -0.975. The van der Waals surface area contributed by atoms with E-state index in [2.05, 4.69) is 5.32 Å². The molecule has 17 heavy (non-hydrogen) atoms. The molecule has 88 valence electrons. The molecule has 3 nitrogen and oxygen atoms in total. The van der Waals surface area contributed by atoms with E-state index < -0.39 is 5.97 Å². The molecule has 0 aliphatic rings. The third kappa shape index (κ3) is 2.99. The van der Waals surface area contributed by atoms with Gasteiger partial charge < -0.3 is 10.4 Å². The second-order valence-electron chi connectivity index (χ2n) is 3.43. The lowest BCUT2D eigenvalue weighted by atomic mass is 10.2. The monoisotopic (exact) mass is 267 g/mol. The SMILES string of the molecule is O=C(O)c1ccc(NCc2cccs2)c(Cl)c1. The summed E-state index contributed by atoms with van der Waals surface area (Å²) in [5.41, 5.74) is 0.932. The predicted molar refractivity (Wildman–Crippen MR) is 70.1 cm³/mol. The highest BCUT2D eigenvalue weighted by molar-refractivity contribution is 7.09. The third-order valence-corrected chi connectivity index (χ3v) is 3.44. The Bertz CT molecular complexity index is 525. The number of carbonyl (C=O) groups is 1. The van der Waals surface area contributed by atoms with Crippen LogP contribution in [0.5, 0.6) is 0 Å². The van der Waals surface area contributed by atoms with Crippen LogP contribution < -0.4 is 5.32 Å². The van der Waals surface area contributed by atoms with Gasteiger partial charge >= 0.3 is 5.97 Å². The zero-order valence-electron chi connectivity index (χ0n) is 8.81. The largest absolute Gasteiger partial charge is 0.478 e. The van der Waals surface area contributed by atoms with E-state index in [0.29, 0.717) is 11.6 Å². The summed E-state index contributed by atoms with van der Waals surface area (Å²) >= 11 is 7.65. The zero-order chi connectivity index (χ0) is 12.3. The molecule has 0 atom stereocenters. The van der Waals surface area contributed by atoms with Crippen LogP contribution in [0.15, 0.2) is 35.7 Å². The summed E-state index contributed by atoms with van der Waals surface area (Å²) in [6.07, 6.45) is 0. The molecule has 2 rings (SSSR count). The van der Waals surface area contributed by atoms with Crippen molar-refractivity contribution in [1.82, 2.24) is 0 Å². The van der Waals surface area contributed by atoms with E-state index >= 15 is 0 Å². The maximum atomic E-state index is 10.7. The number of carboxylic acids is 1. The van der Waals surface area contributed by atoms with Gasteiger partial charge in [0.05, 0.1) is 16.3 Å². The van der Waals surface area contributed by atoms with Gasteiger partial charge in [0, 0.05) is 11.4 Å². The van der Waals surface area contributed by atoms with Gasteiger partial charge in [-0.15, -0.1) is 11.3 Å². The second kappa shape index (κ2) is 5.21. The van der Waals surface area contributed by atoms with Crippen LogP contribution in [0.4, 0.5) is 5.69 Å². The summed E-state index contributed by atoms with van der Waals surface area (Å²) in [4.78, 5) is 11.9. The number of halogens is 1. The Morgan fingerprint density at radius 3 is 2.82 bits per heavy atom. The van der Waals surface area contributed by atoms with Crippen LogP contribution >= 0.6 is 22.9 Å². The van der Waals surface area contributed by atoms with Crippen molar-refractivity contribution >= 4 is 34.6 Å². The highest BCUT2D eigenvalue weighted by atomic mass is 35.5. The number of hydrogen-bond acceptors (Lipinski definition) is 3. The number of anilines is 1. The van der Waals surface area contributed by atoms with Crippen LogP contribution in [0.2, 0.25) is 5.02 Å². The molecule has 2 N–H and O–H groups in total. The van der Waals surface area contributed by atoms with Gasteiger partial charge in [0.2, 0.25) is 0 Å². The van der Waals surface area contributed by atoms with Gasteiger partial charge in [-0.2, -0.15) is 0 Å².